The van der Waals surface area contributed by atoms with Gasteiger partial charge in [0.15, 0.2) is 0 Å². The van der Waals surface area contributed by atoms with Gasteiger partial charge < -0.3 is 15.3 Å². The van der Waals surface area contributed by atoms with Gasteiger partial charge in [0, 0.05) is 13.1 Å². The quantitative estimate of drug-likeness (QED) is 0.637. The average molecular weight is 293 g/mol. The predicted octanol–water partition coefficient (Wildman–Crippen LogP) is 2.05. The van der Waals surface area contributed by atoms with Crippen LogP contribution in [0.5, 0.6) is 0 Å². The van der Waals surface area contributed by atoms with Crippen molar-refractivity contribution in [3.63, 3.8) is 0 Å². The Hall–Kier alpha value is -2.15. The van der Waals surface area contributed by atoms with Gasteiger partial charge in [0.25, 0.3) is 0 Å². The van der Waals surface area contributed by atoms with Crippen LogP contribution in [0.15, 0.2) is 18.2 Å². The molecule has 2 N–H and O–H groups in total. The third kappa shape index (κ3) is 3.69. The lowest BCUT2D eigenvalue weighted by molar-refractivity contribution is -0.384. The highest BCUT2D eigenvalue weighted by atomic mass is 16.6. The lowest BCUT2D eigenvalue weighted by atomic mass is 9.98. The Labute approximate surface area is 122 Å². The molecule has 7 heteroatoms. The molecular formula is C14H19N3O4. The highest BCUT2D eigenvalue weighted by Crippen LogP contribution is 2.29. The van der Waals surface area contributed by atoms with Crippen molar-refractivity contribution < 1.29 is 14.8 Å². The van der Waals surface area contributed by atoms with E-state index in [2.05, 4.69) is 17.3 Å². The number of nitro groups is 1. The van der Waals surface area contributed by atoms with E-state index in [9.17, 15) is 14.9 Å². The highest BCUT2D eigenvalue weighted by molar-refractivity contribution is 5.95. The molecule has 1 saturated heterocycles. The summed E-state index contributed by atoms with van der Waals surface area (Å²) in [6.07, 6.45) is 2.18. The molecule has 0 saturated carbocycles. The van der Waals surface area contributed by atoms with Crippen molar-refractivity contribution in [1.82, 2.24) is 4.90 Å². The van der Waals surface area contributed by atoms with Gasteiger partial charge in [-0.1, -0.05) is 6.07 Å². The standard InChI is InChI=1S/C14H19N3O4/c1-16-7-3-4-10(9-16)8-15-12-6-2-5-11(14(18)19)13(12)17(20)21/h2,5-6,10,15H,3-4,7-9H2,1H3,(H,18,19). The first-order valence-electron chi connectivity index (χ1n) is 6.92. The normalized spacial score (nSPS) is 19.2. The molecule has 1 aliphatic rings. The van der Waals surface area contributed by atoms with Gasteiger partial charge in [-0.15, -0.1) is 0 Å². The number of nitrogens with one attached hydrogen (secondary N) is 1. The molecule has 1 aliphatic heterocycles. The van der Waals surface area contributed by atoms with Crippen molar-refractivity contribution in [3.8, 4) is 0 Å². The number of benzene rings is 1. The Balaban J connectivity index is 2.14. The second-order valence-corrected chi connectivity index (χ2v) is 5.42. The summed E-state index contributed by atoms with van der Waals surface area (Å²) in [7, 11) is 2.06. The Morgan fingerprint density at radius 2 is 2.33 bits per heavy atom. The number of hydrogen-bond acceptors (Lipinski definition) is 5. The summed E-state index contributed by atoms with van der Waals surface area (Å²) in [5, 5.41) is 23.2. The smallest absolute Gasteiger partial charge is 0.342 e. The summed E-state index contributed by atoms with van der Waals surface area (Å²) in [4.78, 5) is 23.8. The maximum absolute atomic E-state index is 11.1. The van der Waals surface area contributed by atoms with E-state index in [0.717, 1.165) is 25.9 Å². The molecule has 0 radical (unpaired) electrons. The fraction of sp³-hybridized carbons (Fsp3) is 0.500. The van der Waals surface area contributed by atoms with Crippen molar-refractivity contribution in [2.45, 2.75) is 12.8 Å². The molecule has 0 aliphatic carbocycles. The van der Waals surface area contributed by atoms with Crippen LogP contribution in [-0.2, 0) is 0 Å². The van der Waals surface area contributed by atoms with Gasteiger partial charge in [-0.25, -0.2) is 4.79 Å². The number of hydrogen-bond donors (Lipinski definition) is 2. The second kappa shape index (κ2) is 6.53. The van der Waals surface area contributed by atoms with Crippen LogP contribution >= 0.6 is 0 Å². The molecular weight excluding hydrogens is 274 g/mol. The SMILES string of the molecule is CN1CCCC(CNc2cccc(C(=O)O)c2[N+](=O)[O-])C1. The Morgan fingerprint density at radius 1 is 1.57 bits per heavy atom. The van der Waals surface area contributed by atoms with Crippen LogP contribution in [0.3, 0.4) is 0 Å². The third-order valence-electron chi connectivity index (χ3n) is 3.75. The van der Waals surface area contributed by atoms with Gasteiger partial charge in [0.1, 0.15) is 11.3 Å². The van der Waals surface area contributed by atoms with Crippen LogP contribution < -0.4 is 5.32 Å². The maximum Gasteiger partial charge on any atom is 0.342 e. The van der Waals surface area contributed by atoms with Gasteiger partial charge in [-0.3, -0.25) is 10.1 Å². The number of piperidine rings is 1. The van der Waals surface area contributed by atoms with Gasteiger partial charge in [-0.05, 0) is 44.5 Å². The van der Waals surface area contributed by atoms with E-state index < -0.39 is 10.9 Å². The van der Waals surface area contributed by atoms with Crippen LogP contribution in [-0.4, -0.2) is 47.6 Å². The number of rotatable bonds is 5. The molecule has 1 atom stereocenters. The van der Waals surface area contributed by atoms with E-state index in [4.69, 9.17) is 5.11 Å². The van der Waals surface area contributed by atoms with Crippen LogP contribution in [0, 0.1) is 16.0 Å². The van der Waals surface area contributed by atoms with Crippen LogP contribution in [0.4, 0.5) is 11.4 Å². The molecule has 2 rings (SSSR count). The zero-order chi connectivity index (χ0) is 15.4. The summed E-state index contributed by atoms with van der Waals surface area (Å²) >= 11 is 0. The van der Waals surface area contributed by atoms with Gasteiger partial charge in [0.2, 0.25) is 0 Å². The molecule has 114 valence electrons. The molecule has 0 aromatic heterocycles. The topological polar surface area (TPSA) is 95.7 Å². The fourth-order valence-electron chi connectivity index (χ4n) is 2.75. The minimum Gasteiger partial charge on any atom is -0.477 e. The average Bonchev–Trinajstić information content (AvgIpc) is 2.44. The van der Waals surface area contributed by atoms with Crippen LogP contribution in [0.25, 0.3) is 0 Å². The molecule has 7 nitrogen and oxygen atoms in total. The molecule has 0 spiro atoms. The first kappa shape index (κ1) is 15.2. The van der Waals surface area contributed by atoms with E-state index >= 15 is 0 Å². The fourth-order valence-corrected chi connectivity index (χ4v) is 2.75. The third-order valence-corrected chi connectivity index (χ3v) is 3.75. The molecule has 1 aromatic carbocycles. The van der Waals surface area contributed by atoms with E-state index in [1.54, 1.807) is 6.07 Å². The molecule has 0 amide bonds. The van der Waals surface area contributed by atoms with E-state index in [-0.39, 0.29) is 16.9 Å². The molecule has 21 heavy (non-hydrogen) atoms. The number of aromatic carboxylic acids is 1. The number of carboxylic acid groups (broad SMARTS) is 1. The summed E-state index contributed by atoms with van der Waals surface area (Å²) in [5.74, 6) is -0.875. The van der Waals surface area contributed by atoms with Crippen LogP contribution in [0.1, 0.15) is 23.2 Å². The number of carboxylic acids is 1. The zero-order valence-electron chi connectivity index (χ0n) is 11.9. The summed E-state index contributed by atoms with van der Waals surface area (Å²) in [6, 6.07) is 4.32. The van der Waals surface area contributed by atoms with Crippen molar-refractivity contribution in [2.75, 3.05) is 32.0 Å². The first-order chi connectivity index (χ1) is 9.99. The summed E-state index contributed by atoms with van der Waals surface area (Å²) in [5.41, 5.74) is -0.381. The number of anilines is 1. The van der Waals surface area contributed by atoms with Crippen molar-refractivity contribution in [3.05, 3.63) is 33.9 Å². The lowest BCUT2D eigenvalue weighted by Crippen LogP contribution is -2.35. The Morgan fingerprint density at radius 3 is 2.95 bits per heavy atom. The first-order valence-corrected chi connectivity index (χ1v) is 6.92. The zero-order valence-corrected chi connectivity index (χ0v) is 11.9. The van der Waals surface area contributed by atoms with Gasteiger partial charge >= 0.3 is 11.7 Å². The minimum absolute atomic E-state index is 0.271. The number of para-hydroxylation sites is 1. The van der Waals surface area contributed by atoms with E-state index in [0.29, 0.717) is 12.5 Å². The number of nitro benzene ring substituents is 1. The Bertz CT molecular complexity index is 547. The van der Waals surface area contributed by atoms with Crippen molar-refractivity contribution in [1.29, 1.82) is 0 Å². The predicted molar refractivity (Wildman–Crippen MR) is 78.8 cm³/mol. The van der Waals surface area contributed by atoms with E-state index in [1.807, 2.05) is 0 Å². The van der Waals surface area contributed by atoms with Gasteiger partial charge in [0.05, 0.1) is 4.92 Å². The lowest BCUT2D eigenvalue weighted by Gasteiger charge is -2.29. The number of likely N-dealkylation sites (tertiary alicyclic amines) is 1. The van der Waals surface area contributed by atoms with E-state index in [1.165, 1.54) is 12.1 Å². The van der Waals surface area contributed by atoms with Crippen molar-refractivity contribution >= 4 is 17.3 Å². The molecule has 0 bridgehead atoms. The molecule has 1 fully saturated rings. The molecule has 1 aromatic rings. The molecule has 1 unspecified atom stereocenters. The summed E-state index contributed by atoms with van der Waals surface area (Å²) in [6.45, 7) is 2.62. The number of carbonyl (C=O) groups is 1. The molecule has 1 heterocycles. The maximum atomic E-state index is 11.1. The van der Waals surface area contributed by atoms with Crippen molar-refractivity contribution in [2.24, 2.45) is 5.92 Å². The largest absolute Gasteiger partial charge is 0.477 e. The monoisotopic (exact) mass is 293 g/mol. The Kier molecular flexibility index (Phi) is 4.74. The van der Waals surface area contributed by atoms with Crippen LogP contribution in [0.2, 0.25) is 0 Å². The second-order valence-electron chi connectivity index (χ2n) is 5.42. The minimum atomic E-state index is -1.29. The number of nitrogens with zero attached hydrogens (tertiary/aromatic N) is 2. The summed E-state index contributed by atoms with van der Waals surface area (Å²) < 4.78 is 0. The van der Waals surface area contributed by atoms with Gasteiger partial charge in [-0.2, -0.15) is 0 Å². The highest BCUT2D eigenvalue weighted by Gasteiger charge is 2.25.